The zero-order valence-corrected chi connectivity index (χ0v) is 10.2. The maximum absolute atomic E-state index is 11.9. The van der Waals surface area contributed by atoms with E-state index in [-0.39, 0.29) is 11.3 Å². The first kappa shape index (κ1) is 11.8. The first-order chi connectivity index (χ1) is 9.08. The van der Waals surface area contributed by atoms with Crippen LogP contribution < -0.4 is 4.90 Å². The third-order valence-electron chi connectivity index (χ3n) is 3.83. The lowest BCUT2D eigenvalue weighted by atomic mass is 9.85. The molecule has 1 amide bonds. The van der Waals surface area contributed by atoms with Crippen LogP contribution in [0.4, 0.5) is 11.4 Å². The fraction of sp³-hybridized carbons (Fsp3) is 0.385. The SMILES string of the molecule is O=C1C(=O)N(CC2CCC2)c2ccc([N+](=O)[O-])cc21. The van der Waals surface area contributed by atoms with Crippen molar-refractivity contribution in [1.82, 2.24) is 0 Å². The van der Waals surface area contributed by atoms with E-state index in [2.05, 4.69) is 0 Å². The molecule has 0 atom stereocenters. The standard InChI is InChI=1S/C13H12N2O4/c16-12-10-6-9(15(18)19)4-5-11(10)14(13(12)17)7-8-2-1-3-8/h4-6,8H,1-3,7H2. The molecule has 98 valence electrons. The van der Waals surface area contributed by atoms with Gasteiger partial charge in [0.05, 0.1) is 16.2 Å². The van der Waals surface area contributed by atoms with Crippen molar-refractivity contribution in [3.8, 4) is 0 Å². The lowest BCUT2D eigenvalue weighted by molar-refractivity contribution is -0.384. The van der Waals surface area contributed by atoms with Crippen LogP contribution in [0.5, 0.6) is 0 Å². The highest BCUT2D eigenvalue weighted by Gasteiger charge is 2.38. The van der Waals surface area contributed by atoms with Gasteiger partial charge in [-0.05, 0) is 24.8 Å². The Morgan fingerprint density at radius 1 is 1.32 bits per heavy atom. The number of hydrogen-bond acceptors (Lipinski definition) is 4. The average Bonchev–Trinajstić information content (AvgIpc) is 2.57. The Hall–Kier alpha value is -2.24. The minimum Gasteiger partial charge on any atom is -0.304 e. The average molecular weight is 260 g/mol. The van der Waals surface area contributed by atoms with E-state index in [4.69, 9.17) is 0 Å². The van der Waals surface area contributed by atoms with Crippen molar-refractivity contribution in [1.29, 1.82) is 0 Å². The molecule has 3 rings (SSSR count). The molecule has 0 N–H and O–H groups in total. The van der Waals surface area contributed by atoms with E-state index in [1.54, 1.807) is 0 Å². The summed E-state index contributed by atoms with van der Waals surface area (Å²) in [7, 11) is 0. The van der Waals surface area contributed by atoms with Crippen molar-refractivity contribution in [2.24, 2.45) is 5.92 Å². The van der Waals surface area contributed by atoms with Crippen molar-refractivity contribution < 1.29 is 14.5 Å². The summed E-state index contributed by atoms with van der Waals surface area (Å²) in [5.41, 5.74) is 0.497. The maximum Gasteiger partial charge on any atom is 0.299 e. The Morgan fingerprint density at radius 3 is 2.63 bits per heavy atom. The number of amides is 1. The molecule has 0 aromatic heterocycles. The van der Waals surface area contributed by atoms with Crippen LogP contribution in [0.1, 0.15) is 29.6 Å². The zero-order chi connectivity index (χ0) is 13.6. The summed E-state index contributed by atoms with van der Waals surface area (Å²) < 4.78 is 0. The van der Waals surface area contributed by atoms with Crippen molar-refractivity contribution in [3.05, 3.63) is 33.9 Å². The van der Waals surface area contributed by atoms with E-state index in [1.165, 1.54) is 23.1 Å². The molecule has 6 heteroatoms. The Morgan fingerprint density at radius 2 is 2.05 bits per heavy atom. The van der Waals surface area contributed by atoms with Gasteiger partial charge >= 0.3 is 0 Å². The summed E-state index contributed by atoms with van der Waals surface area (Å²) in [5, 5.41) is 10.7. The van der Waals surface area contributed by atoms with E-state index in [0.717, 1.165) is 19.3 Å². The lowest BCUT2D eigenvalue weighted by Gasteiger charge is -2.29. The van der Waals surface area contributed by atoms with Gasteiger partial charge in [0.2, 0.25) is 0 Å². The molecule has 1 aromatic rings. The van der Waals surface area contributed by atoms with E-state index in [0.29, 0.717) is 18.2 Å². The normalized spacial score (nSPS) is 18.4. The molecule has 0 spiro atoms. The highest BCUT2D eigenvalue weighted by atomic mass is 16.6. The molecule has 0 unspecified atom stereocenters. The van der Waals surface area contributed by atoms with Crippen LogP contribution in [0.3, 0.4) is 0 Å². The molecule has 2 aliphatic rings. The number of carbonyl (C=O) groups excluding carboxylic acids is 2. The van der Waals surface area contributed by atoms with E-state index >= 15 is 0 Å². The molecule has 1 aliphatic carbocycles. The highest BCUT2D eigenvalue weighted by molar-refractivity contribution is 6.52. The summed E-state index contributed by atoms with van der Waals surface area (Å²) in [6.07, 6.45) is 3.30. The van der Waals surface area contributed by atoms with Crippen molar-refractivity contribution >= 4 is 23.1 Å². The van der Waals surface area contributed by atoms with Gasteiger partial charge in [0.1, 0.15) is 0 Å². The minimum atomic E-state index is -0.641. The summed E-state index contributed by atoms with van der Waals surface area (Å²) in [4.78, 5) is 35.4. The van der Waals surface area contributed by atoms with Crippen LogP contribution in [0, 0.1) is 16.0 Å². The second-order valence-electron chi connectivity index (χ2n) is 5.00. The molecule has 1 aliphatic heterocycles. The van der Waals surface area contributed by atoms with Crippen molar-refractivity contribution in [2.75, 3.05) is 11.4 Å². The Balaban J connectivity index is 1.96. The van der Waals surface area contributed by atoms with Gasteiger partial charge in [0.15, 0.2) is 0 Å². The van der Waals surface area contributed by atoms with Gasteiger partial charge < -0.3 is 4.90 Å². The third-order valence-corrected chi connectivity index (χ3v) is 3.83. The predicted molar refractivity (Wildman–Crippen MR) is 67.1 cm³/mol. The largest absolute Gasteiger partial charge is 0.304 e. The van der Waals surface area contributed by atoms with Crippen LogP contribution in [-0.4, -0.2) is 23.2 Å². The van der Waals surface area contributed by atoms with Crippen molar-refractivity contribution in [3.63, 3.8) is 0 Å². The number of nitrogens with zero attached hydrogens (tertiary/aromatic N) is 2. The lowest BCUT2D eigenvalue weighted by Crippen LogP contribution is -2.36. The molecule has 1 saturated carbocycles. The van der Waals surface area contributed by atoms with Crippen LogP contribution in [0.25, 0.3) is 0 Å². The zero-order valence-electron chi connectivity index (χ0n) is 10.2. The molecule has 0 radical (unpaired) electrons. The number of nitro benzene ring substituents is 1. The van der Waals surface area contributed by atoms with Gasteiger partial charge in [-0.25, -0.2) is 0 Å². The van der Waals surface area contributed by atoms with Gasteiger partial charge in [-0.1, -0.05) is 6.42 Å². The molecule has 0 bridgehead atoms. The molecule has 19 heavy (non-hydrogen) atoms. The fourth-order valence-corrected chi connectivity index (χ4v) is 2.52. The molecule has 1 aromatic carbocycles. The fourth-order valence-electron chi connectivity index (χ4n) is 2.52. The molecule has 6 nitrogen and oxygen atoms in total. The van der Waals surface area contributed by atoms with Crippen LogP contribution in [-0.2, 0) is 4.79 Å². The molecule has 0 saturated heterocycles. The van der Waals surface area contributed by atoms with E-state index < -0.39 is 16.6 Å². The monoisotopic (exact) mass is 260 g/mol. The number of non-ortho nitro benzene ring substituents is 1. The van der Waals surface area contributed by atoms with Gasteiger partial charge in [0.25, 0.3) is 17.4 Å². The number of ketones is 1. The first-order valence-corrected chi connectivity index (χ1v) is 6.22. The molecular formula is C13H12N2O4. The minimum absolute atomic E-state index is 0.151. The summed E-state index contributed by atoms with van der Waals surface area (Å²) in [5.74, 6) is -0.765. The van der Waals surface area contributed by atoms with Crippen LogP contribution in [0.2, 0.25) is 0 Å². The maximum atomic E-state index is 11.9. The quantitative estimate of drug-likeness (QED) is 0.472. The molecule has 1 fully saturated rings. The number of nitro groups is 1. The summed E-state index contributed by atoms with van der Waals surface area (Å²) in [6, 6.07) is 4.02. The third kappa shape index (κ3) is 1.80. The predicted octanol–water partition coefficient (Wildman–Crippen LogP) is 1.92. The Bertz CT molecular complexity index is 592. The second-order valence-corrected chi connectivity index (χ2v) is 5.00. The van der Waals surface area contributed by atoms with Gasteiger partial charge in [-0.3, -0.25) is 19.7 Å². The number of fused-ring (bicyclic) bond motifs is 1. The van der Waals surface area contributed by atoms with Gasteiger partial charge in [-0.15, -0.1) is 0 Å². The highest BCUT2D eigenvalue weighted by Crippen LogP contribution is 2.35. The smallest absolute Gasteiger partial charge is 0.299 e. The summed E-state index contributed by atoms with van der Waals surface area (Å²) >= 11 is 0. The Kier molecular flexibility index (Phi) is 2.58. The number of hydrogen-bond donors (Lipinski definition) is 0. The van der Waals surface area contributed by atoms with E-state index in [9.17, 15) is 19.7 Å². The van der Waals surface area contributed by atoms with Crippen LogP contribution >= 0.6 is 0 Å². The summed E-state index contributed by atoms with van der Waals surface area (Å²) in [6.45, 7) is 0.537. The molecule has 1 heterocycles. The molecular weight excluding hydrogens is 248 g/mol. The number of carbonyl (C=O) groups is 2. The Labute approximate surface area is 109 Å². The van der Waals surface area contributed by atoms with Gasteiger partial charge in [0, 0.05) is 18.7 Å². The second kappa shape index (κ2) is 4.15. The number of benzene rings is 1. The number of anilines is 1. The van der Waals surface area contributed by atoms with Gasteiger partial charge in [-0.2, -0.15) is 0 Å². The topological polar surface area (TPSA) is 80.5 Å². The first-order valence-electron chi connectivity index (χ1n) is 6.22. The number of rotatable bonds is 3. The van der Waals surface area contributed by atoms with Crippen LogP contribution in [0.15, 0.2) is 18.2 Å². The van der Waals surface area contributed by atoms with E-state index in [1.807, 2.05) is 0 Å². The number of Topliss-reactive ketones (excluding diaryl/α,β-unsaturated/α-hetero) is 1. The van der Waals surface area contributed by atoms with Crippen molar-refractivity contribution in [2.45, 2.75) is 19.3 Å².